The number of para-hydroxylation sites is 1. The van der Waals surface area contributed by atoms with Crippen LogP contribution in [0.25, 0.3) is 5.69 Å². The van der Waals surface area contributed by atoms with Crippen molar-refractivity contribution in [3.63, 3.8) is 0 Å². The highest BCUT2D eigenvalue weighted by Crippen LogP contribution is 2.26. The van der Waals surface area contributed by atoms with Gasteiger partial charge in [-0.25, -0.2) is 0 Å². The molecular weight excluding hydrogens is 374 g/mol. The molecular formula is C20H21N5O2S. The average Bonchev–Trinajstić information content (AvgIpc) is 3.09. The quantitative estimate of drug-likeness (QED) is 0.507. The molecule has 0 unspecified atom stereocenters. The maximum atomic E-state index is 12.7. The van der Waals surface area contributed by atoms with E-state index in [0.29, 0.717) is 16.4 Å². The number of tetrazole rings is 1. The fourth-order valence-electron chi connectivity index (χ4n) is 2.79. The molecule has 144 valence electrons. The van der Waals surface area contributed by atoms with E-state index in [1.807, 2.05) is 26.0 Å². The Hall–Kier alpha value is -3.00. The van der Waals surface area contributed by atoms with Crippen molar-refractivity contribution in [3.8, 4) is 5.69 Å². The molecule has 0 spiro atoms. The van der Waals surface area contributed by atoms with Crippen molar-refractivity contribution in [1.29, 1.82) is 0 Å². The summed E-state index contributed by atoms with van der Waals surface area (Å²) in [6.07, 6.45) is 0. The minimum atomic E-state index is -0.462. The molecule has 1 atom stereocenters. The molecule has 0 saturated heterocycles. The predicted octanol–water partition coefficient (Wildman–Crippen LogP) is 3.60. The Morgan fingerprint density at radius 3 is 2.61 bits per heavy atom. The van der Waals surface area contributed by atoms with Crippen LogP contribution in [0.15, 0.2) is 47.6 Å². The topological polar surface area (TPSA) is 89.8 Å². The second-order valence-corrected chi connectivity index (χ2v) is 7.82. The first kappa shape index (κ1) is 19.8. The molecule has 8 heteroatoms. The molecule has 3 aromatic rings. The Morgan fingerprint density at radius 2 is 1.89 bits per heavy atom. The molecule has 0 saturated carbocycles. The Labute approximate surface area is 167 Å². The van der Waals surface area contributed by atoms with Gasteiger partial charge in [-0.1, -0.05) is 41.6 Å². The molecule has 1 amide bonds. The van der Waals surface area contributed by atoms with Crippen LogP contribution in [0.4, 0.5) is 5.69 Å². The number of ketones is 1. The monoisotopic (exact) mass is 395 g/mol. The highest BCUT2D eigenvalue weighted by atomic mass is 32.2. The van der Waals surface area contributed by atoms with Gasteiger partial charge in [-0.15, -0.1) is 5.10 Å². The molecule has 0 bridgehead atoms. The van der Waals surface area contributed by atoms with E-state index in [4.69, 9.17) is 0 Å². The lowest BCUT2D eigenvalue weighted by molar-refractivity contribution is -0.115. The minimum absolute atomic E-state index is 0.102. The molecule has 0 aliphatic carbocycles. The van der Waals surface area contributed by atoms with Crippen molar-refractivity contribution in [2.24, 2.45) is 0 Å². The normalized spacial score (nSPS) is 11.9. The number of anilines is 1. The van der Waals surface area contributed by atoms with Crippen molar-refractivity contribution >= 4 is 29.1 Å². The summed E-state index contributed by atoms with van der Waals surface area (Å²) < 4.78 is 1.63. The van der Waals surface area contributed by atoms with Gasteiger partial charge in [0.1, 0.15) is 0 Å². The Morgan fingerprint density at radius 1 is 1.14 bits per heavy atom. The van der Waals surface area contributed by atoms with Crippen LogP contribution in [0, 0.1) is 13.8 Å². The van der Waals surface area contributed by atoms with Crippen LogP contribution >= 0.6 is 11.8 Å². The number of rotatable bonds is 6. The van der Waals surface area contributed by atoms with Gasteiger partial charge in [0.05, 0.1) is 16.6 Å². The highest BCUT2D eigenvalue weighted by Gasteiger charge is 2.21. The third-order valence-electron chi connectivity index (χ3n) is 4.24. The van der Waals surface area contributed by atoms with Gasteiger partial charge in [-0.2, -0.15) is 4.68 Å². The molecule has 0 aliphatic heterocycles. The predicted molar refractivity (Wildman–Crippen MR) is 109 cm³/mol. The van der Waals surface area contributed by atoms with E-state index in [0.717, 1.165) is 16.8 Å². The van der Waals surface area contributed by atoms with Crippen LogP contribution in [0.1, 0.15) is 35.3 Å². The fraction of sp³-hybridized carbons (Fsp3) is 0.250. The highest BCUT2D eigenvalue weighted by molar-refractivity contribution is 8.00. The Balaban J connectivity index is 1.77. The van der Waals surface area contributed by atoms with E-state index < -0.39 is 5.25 Å². The van der Waals surface area contributed by atoms with E-state index in [1.165, 1.54) is 18.7 Å². The standard InChI is InChI=1S/C20H21N5O2S/c1-12-9-10-18(13(2)11-12)25-20(22-23-24-25)28-15(4)19(27)21-17-8-6-5-7-16(17)14(3)26/h5-11,15H,1-4H3,(H,21,27)/t15-/m1/s1. The summed E-state index contributed by atoms with van der Waals surface area (Å²) in [6, 6.07) is 13.0. The summed E-state index contributed by atoms with van der Waals surface area (Å²) in [7, 11) is 0. The van der Waals surface area contributed by atoms with Crippen molar-refractivity contribution in [3.05, 3.63) is 59.2 Å². The number of aromatic nitrogens is 4. The molecule has 1 aromatic heterocycles. The lowest BCUT2D eigenvalue weighted by atomic mass is 10.1. The molecule has 0 fully saturated rings. The van der Waals surface area contributed by atoms with Gasteiger partial charge in [-0.05, 0) is 61.9 Å². The second-order valence-electron chi connectivity index (χ2n) is 6.51. The van der Waals surface area contributed by atoms with E-state index in [9.17, 15) is 9.59 Å². The lowest BCUT2D eigenvalue weighted by Gasteiger charge is -2.14. The minimum Gasteiger partial charge on any atom is -0.324 e. The zero-order valence-corrected chi connectivity index (χ0v) is 16.9. The molecule has 2 aromatic carbocycles. The molecule has 1 heterocycles. The van der Waals surface area contributed by atoms with Gasteiger partial charge in [0.2, 0.25) is 11.1 Å². The van der Waals surface area contributed by atoms with Crippen LogP contribution in [-0.2, 0) is 4.79 Å². The average molecular weight is 395 g/mol. The van der Waals surface area contributed by atoms with Crippen LogP contribution in [0.3, 0.4) is 0 Å². The molecule has 3 rings (SSSR count). The van der Waals surface area contributed by atoms with Crippen LogP contribution in [-0.4, -0.2) is 37.1 Å². The third-order valence-corrected chi connectivity index (χ3v) is 5.27. The van der Waals surface area contributed by atoms with Crippen LogP contribution in [0.2, 0.25) is 0 Å². The van der Waals surface area contributed by atoms with Crippen molar-refractivity contribution < 1.29 is 9.59 Å². The number of carbonyl (C=O) groups excluding carboxylic acids is 2. The summed E-state index contributed by atoms with van der Waals surface area (Å²) in [5, 5.41) is 14.8. The lowest BCUT2D eigenvalue weighted by Crippen LogP contribution is -2.24. The van der Waals surface area contributed by atoms with Gasteiger partial charge >= 0.3 is 0 Å². The largest absolute Gasteiger partial charge is 0.324 e. The number of Topliss-reactive ketones (excluding diaryl/α,β-unsaturated/α-hetero) is 1. The number of thioether (sulfide) groups is 1. The first-order valence-electron chi connectivity index (χ1n) is 8.80. The van der Waals surface area contributed by atoms with Gasteiger partial charge in [0.15, 0.2) is 5.78 Å². The summed E-state index contributed by atoms with van der Waals surface area (Å²) >= 11 is 1.26. The summed E-state index contributed by atoms with van der Waals surface area (Å²) in [6.45, 7) is 7.27. The fourth-order valence-corrected chi connectivity index (χ4v) is 3.59. The summed E-state index contributed by atoms with van der Waals surface area (Å²) in [4.78, 5) is 24.4. The van der Waals surface area contributed by atoms with E-state index in [2.05, 4.69) is 26.9 Å². The van der Waals surface area contributed by atoms with Crippen molar-refractivity contribution in [1.82, 2.24) is 20.2 Å². The number of hydrogen-bond acceptors (Lipinski definition) is 6. The Kier molecular flexibility index (Phi) is 5.89. The number of nitrogens with one attached hydrogen (secondary N) is 1. The van der Waals surface area contributed by atoms with Gasteiger partial charge in [-0.3, -0.25) is 9.59 Å². The van der Waals surface area contributed by atoms with Gasteiger partial charge in [0.25, 0.3) is 0 Å². The Bertz CT molecular complexity index is 1030. The zero-order valence-electron chi connectivity index (χ0n) is 16.1. The maximum Gasteiger partial charge on any atom is 0.237 e. The first-order valence-corrected chi connectivity index (χ1v) is 9.68. The van der Waals surface area contributed by atoms with Crippen molar-refractivity contribution in [2.75, 3.05) is 5.32 Å². The van der Waals surface area contributed by atoms with Crippen LogP contribution < -0.4 is 5.32 Å². The molecule has 28 heavy (non-hydrogen) atoms. The zero-order chi connectivity index (χ0) is 20.3. The third kappa shape index (κ3) is 4.28. The van der Waals surface area contributed by atoms with Gasteiger partial charge < -0.3 is 5.32 Å². The van der Waals surface area contributed by atoms with E-state index in [1.54, 1.807) is 35.9 Å². The summed E-state index contributed by atoms with van der Waals surface area (Å²) in [5.74, 6) is -0.330. The molecule has 1 N–H and O–H groups in total. The number of hydrogen-bond donors (Lipinski definition) is 1. The maximum absolute atomic E-state index is 12.7. The first-order chi connectivity index (χ1) is 13.4. The number of carbonyl (C=O) groups is 2. The van der Waals surface area contributed by atoms with E-state index in [-0.39, 0.29) is 11.7 Å². The summed E-state index contributed by atoms with van der Waals surface area (Å²) in [5.41, 5.74) is 4.05. The number of aryl methyl sites for hydroxylation is 2. The van der Waals surface area contributed by atoms with Crippen LogP contribution in [0.5, 0.6) is 0 Å². The number of nitrogens with zero attached hydrogens (tertiary/aromatic N) is 4. The molecule has 0 aliphatic rings. The van der Waals surface area contributed by atoms with Gasteiger partial charge in [0, 0.05) is 5.56 Å². The molecule has 0 radical (unpaired) electrons. The number of benzene rings is 2. The SMILES string of the molecule is CC(=O)c1ccccc1NC(=O)[C@@H](C)Sc1nnnn1-c1ccc(C)cc1C. The second kappa shape index (κ2) is 8.35. The van der Waals surface area contributed by atoms with E-state index >= 15 is 0 Å². The molecule has 7 nitrogen and oxygen atoms in total. The smallest absolute Gasteiger partial charge is 0.237 e. The number of amides is 1. The van der Waals surface area contributed by atoms with Crippen molar-refractivity contribution in [2.45, 2.75) is 38.1 Å².